The molecule has 0 saturated heterocycles. The van der Waals surface area contributed by atoms with Crippen LogP contribution < -0.4 is 16.4 Å². The summed E-state index contributed by atoms with van der Waals surface area (Å²) in [5, 5.41) is 12.5. The lowest BCUT2D eigenvalue weighted by Crippen LogP contribution is -2.40. The maximum absolute atomic E-state index is 6.23. The van der Waals surface area contributed by atoms with Crippen LogP contribution in [0.5, 0.6) is 0 Å². The minimum atomic E-state index is 0.297. The van der Waals surface area contributed by atoms with Crippen LogP contribution in [0.1, 0.15) is 36.8 Å². The van der Waals surface area contributed by atoms with E-state index in [0.717, 1.165) is 25.9 Å². The first-order chi connectivity index (χ1) is 17.3. The van der Waals surface area contributed by atoms with E-state index in [4.69, 9.17) is 5.73 Å². The first-order valence-corrected chi connectivity index (χ1v) is 13.3. The minimum absolute atomic E-state index is 0.297. The fraction of sp³-hybridized carbons (Fsp3) is 0.375. The zero-order chi connectivity index (χ0) is 24.3. The topological polar surface area (TPSA) is 50.1 Å². The monoisotopic (exact) mass is 467 g/mol. The van der Waals surface area contributed by atoms with Gasteiger partial charge in [-0.15, -0.1) is 0 Å². The van der Waals surface area contributed by atoms with Crippen molar-refractivity contribution in [3.63, 3.8) is 0 Å². The molecule has 0 aliphatic rings. The molecule has 2 atom stereocenters. The third-order valence-electron chi connectivity index (χ3n) is 7.30. The molecule has 4 aromatic carbocycles. The molecule has 0 spiro atoms. The van der Waals surface area contributed by atoms with Crippen LogP contribution in [-0.2, 0) is 12.8 Å². The Morgan fingerprint density at radius 2 is 1.31 bits per heavy atom. The number of hydrogen-bond acceptors (Lipinski definition) is 3. The highest BCUT2D eigenvalue weighted by Gasteiger charge is 2.14. The molecule has 0 unspecified atom stereocenters. The van der Waals surface area contributed by atoms with Crippen LogP contribution in [-0.4, -0.2) is 32.7 Å². The van der Waals surface area contributed by atoms with Crippen molar-refractivity contribution in [3.8, 4) is 0 Å². The summed E-state index contributed by atoms with van der Waals surface area (Å²) in [6.45, 7) is 2.77. The fourth-order valence-electron chi connectivity index (χ4n) is 5.32. The average Bonchev–Trinajstić information content (AvgIpc) is 2.91. The van der Waals surface area contributed by atoms with E-state index in [1.807, 2.05) is 7.05 Å². The predicted octanol–water partition coefficient (Wildman–Crippen LogP) is 6.09. The maximum Gasteiger partial charge on any atom is 0.0230 e. The summed E-state index contributed by atoms with van der Waals surface area (Å²) >= 11 is 0. The number of aryl methyl sites for hydroxylation is 1. The standard InChI is InChI=1S/C32H41N3/c1-34-21-9-11-25(10-6-14-28-16-7-15-26-12-2-4-19-31(26)28)24-35-30(23-33)22-29-18-8-17-27-13-3-5-20-32(27)29/h2-5,7-8,12-13,15-20,25,30,34-35H,6,9-11,14,21-24,33H2,1H3/t25-,30-/m0/s1. The number of nitrogens with one attached hydrogen (secondary N) is 2. The van der Waals surface area contributed by atoms with Crippen LogP contribution in [0.25, 0.3) is 21.5 Å². The molecule has 0 aromatic heterocycles. The Morgan fingerprint density at radius 1 is 0.714 bits per heavy atom. The van der Waals surface area contributed by atoms with E-state index in [0.29, 0.717) is 18.5 Å². The van der Waals surface area contributed by atoms with Gasteiger partial charge in [-0.2, -0.15) is 0 Å². The van der Waals surface area contributed by atoms with E-state index < -0.39 is 0 Å². The van der Waals surface area contributed by atoms with Crippen molar-refractivity contribution in [1.29, 1.82) is 0 Å². The lowest BCUT2D eigenvalue weighted by atomic mass is 9.93. The number of benzene rings is 4. The molecule has 0 fully saturated rings. The molecule has 0 aliphatic heterocycles. The van der Waals surface area contributed by atoms with Gasteiger partial charge in [-0.1, -0.05) is 84.9 Å². The van der Waals surface area contributed by atoms with Gasteiger partial charge in [0.25, 0.3) is 0 Å². The second-order valence-electron chi connectivity index (χ2n) is 9.83. The molecule has 3 heteroatoms. The lowest BCUT2D eigenvalue weighted by Gasteiger charge is -2.23. The van der Waals surface area contributed by atoms with Crippen LogP contribution in [0.15, 0.2) is 84.9 Å². The highest BCUT2D eigenvalue weighted by Crippen LogP contribution is 2.23. The molecule has 4 aromatic rings. The van der Waals surface area contributed by atoms with Gasteiger partial charge in [-0.3, -0.25) is 0 Å². The van der Waals surface area contributed by atoms with Crippen LogP contribution in [0.3, 0.4) is 0 Å². The Morgan fingerprint density at radius 3 is 2.00 bits per heavy atom. The van der Waals surface area contributed by atoms with Gasteiger partial charge in [-0.25, -0.2) is 0 Å². The summed E-state index contributed by atoms with van der Waals surface area (Å²) in [7, 11) is 2.04. The fourth-order valence-corrected chi connectivity index (χ4v) is 5.32. The van der Waals surface area contributed by atoms with Crippen molar-refractivity contribution in [2.45, 2.75) is 44.6 Å². The molecule has 4 rings (SSSR count). The Bertz CT molecular complexity index is 1170. The van der Waals surface area contributed by atoms with Crippen LogP contribution in [0, 0.1) is 5.92 Å². The van der Waals surface area contributed by atoms with E-state index in [2.05, 4.69) is 95.6 Å². The molecule has 4 N–H and O–H groups in total. The summed E-state index contributed by atoms with van der Waals surface area (Å²) in [5.41, 5.74) is 9.09. The van der Waals surface area contributed by atoms with Crippen molar-refractivity contribution in [2.24, 2.45) is 11.7 Å². The van der Waals surface area contributed by atoms with Crippen molar-refractivity contribution in [2.75, 3.05) is 26.7 Å². The quantitative estimate of drug-likeness (QED) is 0.197. The van der Waals surface area contributed by atoms with Gasteiger partial charge in [0, 0.05) is 12.6 Å². The summed E-state index contributed by atoms with van der Waals surface area (Å²) in [5.74, 6) is 0.667. The van der Waals surface area contributed by atoms with Gasteiger partial charge in [0.1, 0.15) is 0 Å². The molecule has 0 saturated carbocycles. The average molecular weight is 468 g/mol. The second-order valence-corrected chi connectivity index (χ2v) is 9.83. The highest BCUT2D eigenvalue weighted by molar-refractivity contribution is 5.86. The first kappa shape index (κ1) is 25.4. The van der Waals surface area contributed by atoms with Crippen LogP contribution >= 0.6 is 0 Å². The zero-order valence-corrected chi connectivity index (χ0v) is 21.2. The number of fused-ring (bicyclic) bond motifs is 2. The van der Waals surface area contributed by atoms with Gasteiger partial charge >= 0.3 is 0 Å². The van der Waals surface area contributed by atoms with Crippen LogP contribution in [0.4, 0.5) is 0 Å². The number of hydrogen-bond donors (Lipinski definition) is 3. The van der Waals surface area contributed by atoms with Gasteiger partial charge in [-0.05, 0) is 97.3 Å². The zero-order valence-electron chi connectivity index (χ0n) is 21.2. The number of rotatable bonds is 14. The highest BCUT2D eigenvalue weighted by atomic mass is 14.9. The van der Waals surface area contributed by atoms with Crippen molar-refractivity contribution in [1.82, 2.24) is 10.6 Å². The lowest BCUT2D eigenvalue weighted by molar-refractivity contribution is 0.370. The number of nitrogens with two attached hydrogens (primary N) is 1. The SMILES string of the molecule is CNCCC[C@H](CCCc1cccc2ccccc12)CN[C@H](CN)Cc1cccc2ccccc12. The Balaban J connectivity index is 1.35. The Labute approximate surface area is 211 Å². The maximum atomic E-state index is 6.23. The van der Waals surface area contributed by atoms with Gasteiger partial charge in [0.15, 0.2) is 0 Å². The van der Waals surface area contributed by atoms with Crippen LogP contribution in [0.2, 0.25) is 0 Å². The summed E-state index contributed by atoms with van der Waals surface area (Å²) in [4.78, 5) is 0. The van der Waals surface area contributed by atoms with E-state index in [1.165, 1.54) is 58.4 Å². The Hall–Kier alpha value is -2.72. The van der Waals surface area contributed by atoms with Gasteiger partial charge < -0.3 is 16.4 Å². The van der Waals surface area contributed by atoms with Gasteiger partial charge in [0.2, 0.25) is 0 Å². The molecule has 0 bridgehead atoms. The normalized spacial score (nSPS) is 13.3. The van der Waals surface area contributed by atoms with Gasteiger partial charge in [0.05, 0.1) is 0 Å². The third-order valence-corrected chi connectivity index (χ3v) is 7.30. The summed E-state index contributed by atoms with van der Waals surface area (Å²) in [6.07, 6.45) is 7.03. The molecule has 0 radical (unpaired) electrons. The molecular formula is C32H41N3. The second kappa shape index (κ2) is 13.4. The summed E-state index contributed by atoms with van der Waals surface area (Å²) in [6, 6.07) is 31.0. The van der Waals surface area contributed by atoms with E-state index in [-0.39, 0.29) is 0 Å². The molecule has 3 nitrogen and oxygen atoms in total. The molecule has 0 heterocycles. The summed E-state index contributed by atoms with van der Waals surface area (Å²) < 4.78 is 0. The Kier molecular flexibility index (Phi) is 9.71. The third kappa shape index (κ3) is 7.14. The van der Waals surface area contributed by atoms with E-state index in [9.17, 15) is 0 Å². The van der Waals surface area contributed by atoms with Crippen molar-refractivity contribution < 1.29 is 0 Å². The first-order valence-electron chi connectivity index (χ1n) is 13.3. The minimum Gasteiger partial charge on any atom is -0.329 e. The molecule has 0 aliphatic carbocycles. The van der Waals surface area contributed by atoms with E-state index in [1.54, 1.807) is 0 Å². The molecule has 184 valence electrons. The van der Waals surface area contributed by atoms with E-state index >= 15 is 0 Å². The molecular weight excluding hydrogens is 426 g/mol. The largest absolute Gasteiger partial charge is 0.329 e. The molecule has 35 heavy (non-hydrogen) atoms. The van der Waals surface area contributed by atoms with Crippen molar-refractivity contribution in [3.05, 3.63) is 96.1 Å². The molecule has 0 amide bonds. The predicted molar refractivity (Wildman–Crippen MR) is 152 cm³/mol. The smallest absolute Gasteiger partial charge is 0.0230 e. The van der Waals surface area contributed by atoms with Crippen molar-refractivity contribution >= 4 is 21.5 Å².